The lowest BCUT2D eigenvalue weighted by molar-refractivity contribution is 0.165. The van der Waals surface area contributed by atoms with Crippen LogP contribution in [0, 0.1) is 12.7 Å². The summed E-state index contributed by atoms with van der Waals surface area (Å²) in [6, 6.07) is 10.5. The second-order valence-corrected chi connectivity index (χ2v) is 10.5. The van der Waals surface area contributed by atoms with Crippen molar-refractivity contribution in [3.8, 4) is 28.7 Å². The van der Waals surface area contributed by atoms with Crippen molar-refractivity contribution >= 4 is 9.84 Å². The molecule has 0 saturated carbocycles. The summed E-state index contributed by atoms with van der Waals surface area (Å²) >= 11 is 0. The number of methoxy groups -OCH3 is 2. The molecule has 4 aromatic rings. The lowest BCUT2D eigenvalue weighted by atomic mass is 10.2. The zero-order valence-electron chi connectivity index (χ0n) is 20.5. The Bertz CT molecular complexity index is 1490. The molecule has 0 aliphatic heterocycles. The van der Waals surface area contributed by atoms with Crippen molar-refractivity contribution in [1.82, 2.24) is 29.7 Å². The first kappa shape index (κ1) is 26.1. The number of hydrogen-bond acceptors (Lipinski definition) is 10. The van der Waals surface area contributed by atoms with Crippen molar-refractivity contribution in [1.29, 1.82) is 0 Å². The number of halogens is 1. The fourth-order valence-electron chi connectivity index (χ4n) is 3.72. The Morgan fingerprint density at radius 2 is 1.65 bits per heavy atom. The zero-order valence-corrected chi connectivity index (χ0v) is 21.3. The van der Waals surface area contributed by atoms with Crippen molar-refractivity contribution in [3.63, 3.8) is 0 Å². The lowest BCUT2D eigenvalue weighted by Gasteiger charge is -2.20. The monoisotopic (exact) mass is 528 g/mol. The maximum Gasteiger partial charge on any atom is 0.187 e. The molecule has 194 valence electrons. The normalized spacial score (nSPS) is 13.2. The average Bonchev–Trinajstić information content (AvgIpc) is 3.29. The largest absolute Gasteiger partial charge is 0.494 e. The summed E-state index contributed by atoms with van der Waals surface area (Å²) in [6.45, 7) is 3.14. The molecule has 0 bridgehead atoms. The van der Waals surface area contributed by atoms with Crippen LogP contribution in [0.25, 0.3) is 17.2 Å². The number of nitrogens with zero attached hydrogens (tertiary/aromatic N) is 6. The first-order chi connectivity index (χ1) is 17.7. The van der Waals surface area contributed by atoms with Gasteiger partial charge in [0.15, 0.2) is 33.1 Å². The Balaban J connectivity index is 1.83. The number of hydrogen-bond donors (Lipinski definition) is 1. The smallest absolute Gasteiger partial charge is 0.187 e. The summed E-state index contributed by atoms with van der Waals surface area (Å²) in [6.07, 6.45) is 0.119. The van der Waals surface area contributed by atoms with Crippen LogP contribution in [0.2, 0.25) is 0 Å². The summed E-state index contributed by atoms with van der Waals surface area (Å²) in [5, 5.41) is 17.7. The molecule has 0 saturated heterocycles. The van der Waals surface area contributed by atoms with Crippen LogP contribution in [-0.4, -0.2) is 62.7 Å². The molecule has 0 fully saturated rings. The molecule has 0 radical (unpaired) electrons. The van der Waals surface area contributed by atoms with Gasteiger partial charge >= 0.3 is 0 Å². The van der Waals surface area contributed by atoms with E-state index in [1.165, 1.54) is 25.7 Å². The van der Waals surface area contributed by atoms with Crippen LogP contribution in [0.5, 0.6) is 11.5 Å². The molecule has 37 heavy (non-hydrogen) atoms. The second-order valence-electron chi connectivity index (χ2n) is 8.17. The third-order valence-corrected chi connectivity index (χ3v) is 7.77. The Morgan fingerprint density at radius 1 is 1.03 bits per heavy atom. The molecule has 0 spiro atoms. The molecule has 1 N–H and O–H groups in total. The van der Waals surface area contributed by atoms with Gasteiger partial charge in [-0.15, -0.1) is 10.2 Å². The van der Waals surface area contributed by atoms with Crippen LogP contribution in [0.4, 0.5) is 4.39 Å². The number of aromatic nitrogens is 6. The van der Waals surface area contributed by atoms with E-state index in [0.29, 0.717) is 22.9 Å². The third-order valence-electron chi connectivity index (χ3n) is 5.72. The van der Waals surface area contributed by atoms with E-state index < -0.39 is 32.8 Å². The van der Waals surface area contributed by atoms with Gasteiger partial charge in [-0.3, -0.25) is 4.57 Å². The molecule has 0 unspecified atom stereocenters. The molecule has 0 amide bonds. The minimum absolute atomic E-state index is 0.0418. The predicted octanol–water partition coefficient (Wildman–Crippen LogP) is 2.62. The van der Waals surface area contributed by atoms with Gasteiger partial charge in [0.05, 0.1) is 31.9 Å². The fraction of sp³-hybridized carbons (Fsp3) is 0.292. The van der Waals surface area contributed by atoms with Crippen molar-refractivity contribution in [2.75, 3.05) is 14.2 Å². The summed E-state index contributed by atoms with van der Waals surface area (Å²) in [5.74, 6) is -0.435. The van der Waals surface area contributed by atoms with E-state index in [4.69, 9.17) is 9.47 Å². The Labute approximate surface area is 212 Å². The second kappa shape index (κ2) is 10.6. The molecule has 13 heteroatoms. The highest BCUT2D eigenvalue weighted by atomic mass is 32.2. The van der Waals surface area contributed by atoms with Crippen molar-refractivity contribution in [2.24, 2.45) is 0 Å². The van der Waals surface area contributed by atoms with E-state index in [-0.39, 0.29) is 17.5 Å². The van der Waals surface area contributed by atoms with Gasteiger partial charge in [0.2, 0.25) is 0 Å². The van der Waals surface area contributed by atoms with Crippen molar-refractivity contribution in [2.45, 2.75) is 31.0 Å². The maximum absolute atomic E-state index is 13.4. The van der Waals surface area contributed by atoms with Gasteiger partial charge in [-0.1, -0.05) is 12.1 Å². The topological polar surface area (TPSA) is 142 Å². The summed E-state index contributed by atoms with van der Waals surface area (Å²) < 4.78 is 52.7. The zero-order chi connectivity index (χ0) is 26.7. The molecular formula is C24H25FN6O5S. The molecule has 0 aliphatic carbocycles. The van der Waals surface area contributed by atoms with Crippen LogP contribution in [0.15, 0.2) is 48.8 Å². The Morgan fingerprint density at radius 3 is 2.24 bits per heavy atom. The van der Waals surface area contributed by atoms with E-state index in [1.807, 2.05) is 13.0 Å². The number of pyridine rings is 1. The molecule has 2 atom stereocenters. The number of aliphatic hydroxyl groups excluding tert-OH is 1. The molecular weight excluding hydrogens is 503 g/mol. The maximum atomic E-state index is 13.4. The Kier molecular flexibility index (Phi) is 7.45. The summed E-state index contributed by atoms with van der Waals surface area (Å²) in [4.78, 5) is 11.9. The van der Waals surface area contributed by atoms with Gasteiger partial charge in [-0.2, -0.15) is 0 Å². The van der Waals surface area contributed by atoms with E-state index in [2.05, 4.69) is 25.1 Å². The number of para-hydroxylation sites is 1. The summed E-state index contributed by atoms with van der Waals surface area (Å²) in [5.41, 5.74) is 1.57. The molecule has 1 aromatic carbocycles. The summed E-state index contributed by atoms with van der Waals surface area (Å²) in [7, 11) is -1.11. The van der Waals surface area contributed by atoms with Crippen molar-refractivity contribution < 1.29 is 27.4 Å². The first-order valence-corrected chi connectivity index (χ1v) is 12.8. The number of rotatable bonds is 9. The molecule has 4 rings (SSSR count). The molecule has 3 heterocycles. The highest BCUT2D eigenvalue weighted by Crippen LogP contribution is 2.36. The first-order valence-electron chi connectivity index (χ1n) is 11.1. The SMILES string of the molecule is COc1cccc(OC)c1-n1c(CS(=O)(=O)[C@H](C)[C@@H](O)c2ncc(F)cn2)nnc1-c1cccc(C)n1. The van der Waals surface area contributed by atoms with E-state index in [1.54, 1.807) is 30.3 Å². The number of aryl methyl sites for hydroxylation is 1. The van der Waals surface area contributed by atoms with Gasteiger partial charge in [-0.05, 0) is 38.1 Å². The van der Waals surface area contributed by atoms with Crippen LogP contribution in [0.1, 0.15) is 30.4 Å². The van der Waals surface area contributed by atoms with E-state index in [0.717, 1.165) is 18.1 Å². The molecule has 3 aromatic heterocycles. The van der Waals surface area contributed by atoms with Gasteiger partial charge in [-0.25, -0.2) is 27.8 Å². The van der Waals surface area contributed by atoms with Crippen LogP contribution in [-0.2, 0) is 15.6 Å². The average molecular weight is 529 g/mol. The highest BCUT2D eigenvalue weighted by Gasteiger charge is 2.34. The van der Waals surface area contributed by atoms with Crippen LogP contribution >= 0.6 is 0 Å². The Hall–Kier alpha value is -3.97. The highest BCUT2D eigenvalue weighted by molar-refractivity contribution is 7.91. The minimum atomic E-state index is -4.07. The van der Waals surface area contributed by atoms with Crippen LogP contribution in [0.3, 0.4) is 0 Å². The third kappa shape index (κ3) is 5.27. The number of ether oxygens (including phenoxy) is 2. The van der Waals surface area contributed by atoms with Crippen molar-refractivity contribution in [3.05, 3.63) is 72.0 Å². The predicted molar refractivity (Wildman–Crippen MR) is 131 cm³/mol. The molecule has 11 nitrogen and oxygen atoms in total. The number of aliphatic hydroxyl groups is 1. The molecule has 0 aliphatic rings. The van der Waals surface area contributed by atoms with Gasteiger partial charge in [0.25, 0.3) is 0 Å². The van der Waals surface area contributed by atoms with E-state index >= 15 is 0 Å². The van der Waals surface area contributed by atoms with E-state index in [9.17, 15) is 17.9 Å². The van der Waals surface area contributed by atoms with Gasteiger partial charge in [0.1, 0.15) is 34.7 Å². The van der Waals surface area contributed by atoms with Gasteiger partial charge < -0.3 is 14.6 Å². The van der Waals surface area contributed by atoms with Crippen LogP contribution < -0.4 is 9.47 Å². The minimum Gasteiger partial charge on any atom is -0.494 e. The quantitative estimate of drug-likeness (QED) is 0.344. The standard InChI is InChI=1S/C24H25FN6O5S/c1-14-7-5-8-17(28-14)24-30-29-20(31(24)21-18(35-3)9-6-10-19(21)36-4)13-37(33,34)15(2)22(32)23-26-11-16(25)12-27-23/h5-12,15,22,32H,13H2,1-4H3/t15-,22-/m1/s1. The number of benzene rings is 1. The number of sulfone groups is 1. The fourth-order valence-corrected chi connectivity index (χ4v) is 5.05. The van der Waals surface area contributed by atoms with Gasteiger partial charge in [0, 0.05) is 5.69 Å². The lowest BCUT2D eigenvalue weighted by Crippen LogP contribution is -2.29.